The molecule has 0 radical (unpaired) electrons. The first-order chi connectivity index (χ1) is 9.58. The molecule has 0 spiro atoms. The van der Waals surface area contributed by atoms with Crippen LogP contribution < -0.4 is 5.32 Å². The van der Waals surface area contributed by atoms with E-state index in [0.717, 1.165) is 29.5 Å². The van der Waals surface area contributed by atoms with Gasteiger partial charge in [-0.15, -0.1) is 0 Å². The number of hydrogen-bond donors (Lipinski definition) is 1. The molecule has 2 rings (SSSR count). The van der Waals surface area contributed by atoms with Gasteiger partial charge in [-0.2, -0.15) is 5.10 Å². The van der Waals surface area contributed by atoms with Crippen LogP contribution in [0.1, 0.15) is 32.2 Å². The number of hydrogen-bond acceptors (Lipinski definition) is 3. The lowest BCUT2D eigenvalue weighted by atomic mass is 10.3. The van der Waals surface area contributed by atoms with Crippen LogP contribution in [0.2, 0.25) is 0 Å². The first-order valence-electron chi connectivity index (χ1n) is 6.83. The smallest absolute Gasteiger partial charge is 0.244 e. The summed E-state index contributed by atoms with van der Waals surface area (Å²) in [6.45, 7) is 3.89. The lowest BCUT2D eigenvalue weighted by Gasteiger charge is -2.16. The van der Waals surface area contributed by atoms with Crippen LogP contribution in [-0.2, 0) is 9.59 Å². The SMILES string of the molecule is CC(C(=O)NCCC(=O)N1CCCC1)n1cc(I)cn1. The summed E-state index contributed by atoms with van der Waals surface area (Å²) in [7, 11) is 0. The number of carbonyl (C=O) groups is 2. The van der Waals surface area contributed by atoms with Crippen LogP contribution in [0.5, 0.6) is 0 Å². The molecule has 0 saturated carbocycles. The number of aromatic nitrogens is 2. The van der Waals surface area contributed by atoms with E-state index in [4.69, 9.17) is 0 Å². The highest BCUT2D eigenvalue weighted by atomic mass is 127. The summed E-state index contributed by atoms with van der Waals surface area (Å²) < 4.78 is 2.62. The number of carbonyl (C=O) groups excluding carboxylic acids is 2. The number of amides is 2. The fraction of sp³-hybridized carbons (Fsp3) is 0.615. The largest absolute Gasteiger partial charge is 0.354 e. The van der Waals surface area contributed by atoms with Gasteiger partial charge in [0.25, 0.3) is 0 Å². The molecule has 1 fully saturated rings. The molecule has 110 valence electrons. The molecule has 1 atom stereocenters. The van der Waals surface area contributed by atoms with Crippen LogP contribution in [0, 0.1) is 3.57 Å². The maximum absolute atomic E-state index is 12.0. The van der Waals surface area contributed by atoms with Crippen molar-refractivity contribution in [3.8, 4) is 0 Å². The topological polar surface area (TPSA) is 67.2 Å². The Labute approximate surface area is 132 Å². The van der Waals surface area contributed by atoms with Crippen LogP contribution in [-0.4, -0.2) is 46.1 Å². The third-order valence-corrected chi connectivity index (χ3v) is 4.00. The second-order valence-electron chi connectivity index (χ2n) is 4.94. The molecular formula is C13H19IN4O2. The van der Waals surface area contributed by atoms with Gasteiger partial charge < -0.3 is 10.2 Å². The predicted molar refractivity (Wildman–Crippen MR) is 83.1 cm³/mol. The summed E-state index contributed by atoms with van der Waals surface area (Å²) in [5.74, 6) is 0.0165. The standard InChI is InChI=1S/C13H19IN4O2/c1-10(18-9-11(14)8-16-18)13(20)15-5-4-12(19)17-6-2-3-7-17/h8-10H,2-7H2,1H3,(H,15,20). The molecule has 6 nitrogen and oxygen atoms in total. The fourth-order valence-electron chi connectivity index (χ4n) is 2.21. The molecule has 1 unspecified atom stereocenters. The highest BCUT2D eigenvalue weighted by Gasteiger charge is 2.19. The van der Waals surface area contributed by atoms with Crippen LogP contribution in [0.25, 0.3) is 0 Å². The monoisotopic (exact) mass is 390 g/mol. The average molecular weight is 390 g/mol. The van der Waals surface area contributed by atoms with Crippen molar-refractivity contribution in [3.05, 3.63) is 16.0 Å². The lowest BCUT2D eigenvalue weighted by Crippen LogP contribution is -2.35. The van der Waals surface area contributed by atoms with Crippen molar-refractivity contribution in [1.82, 2.24) is 20.0 Å². The van der Waals surface area contributed by atoms with E-state index in [-0.39, 0.29) is 17.9 Å². The minimum Gasteiger partial charge on any atom is -0.354 e. The number of nitrogens with zero attached hydrogens (tertiary/aromatic N) is 3. The number of halogens is 1. The molecule has 1 aliphatic heterocycles. The van der Waals surface area contributed by atoms with E-state index in [1.165, 1.54) is 0 Å². The molecule has 1 aliphatic rings. The zero-order valence-corrected chi connectivity index (χ0v) is 13.7. The third-order valence-electron chi connectivity index (χ3n) is 3.44. The second kappa shape index (κ2) is 7.05. The number of nitrogens with one attached hydrogen (secondary N) is 1. The van der Waals surface area contributed by atoms with Gasteiger partial charge >= 0.3 is 0 Å². The Bertz CT molecular complexity index is 482. The van der Waals surface area contributed by atoms with Gasteiger partial charge in [0.05, 0.1) is 9.77 Å². The lowest BCUT2D eigenvalue weighted by molar-refractivity contribution is -0.130. The van der Waals surface area contributed by atoms with E-state index >= 15 is 0 Å². The van der Waals surface area contributed by atoms with Gasteiger partial charge in [-0.3, -0.25) is 14.3 Å². The molecule has 1 saturated heterocycles. The Morgan fingerprint density at radius 3 is 2.75 bits per heavy atom. The zero-order chi connectivity index (χ0) is 14.5. The Kier molecular flexibility index (Phi) is 5.38. The predicted octanol–water partition coefficient (Wildman–Crippen LogP) is 1.18. The van der Waals surface area contributed by atoms with Crippen LogP contribution >= 0.6 is 22.6 Å². The molecule has 2 amide bonds. The van der Waals surface area contributed by atoms with Crippen molar-refractivity contribution in [2.24, 2.45) is 0 Å². The van der Waals surface area contributed by atoms with Crippen molar-refractivity contribution >= 4 is 34.4 Å². The van der Waals surface area contributed by atoms with Crippen molar-refractivity contribution in [2.45, 2.75) is 32.2 Å². The third kappa shape index (κ3) is 3.94. The van der Waals surface area contributed by atoms with E-state index in [1.807, 2.05) is 11.1 Å². The Morgan fingerprint density at radius 2 is 2.15 bits per heavy atom. The van der Waals surface area contributed by atoms with E-state index in [9.17, 15) is 9.59 Å². The first kappa shape index (κ1) is 15.3. The summed E-state index contributed by atoms with van der Waals surface area (Å²) in [5, 5.41) is 6.91. The van der Waals surface area contributed by atoms with Gasteiger partial charge in [0.2, 0.25) is 11.8 Å². The van der Waals surface area contributed by atoms with Gasteiger partial charge in [0, 0.05) is 32.3 Å². The summed E-state index contributed by atoms with van der Waals surface area (Å²) in [6, 6.07) is -0.361. The molecule has 1 N–H and O–H groups in total. The van der Waals surface area contributed by atoms with Crippen LogP contribution in [0.15, 0.2) is 12.4 Å². The normalized spacial score (nSPS) is 16.2. The molecule has 1 aromatic heterocycles. The van der Waals surface area contributed by atoms with E-state index in [0.29, 0.717) is 13.0 Å². The Hall–Kier alpha value is -1.12. The van der Waals surface area contributed by atoms with Crippen molar-refractivity contribution in [2.75, 3.05) is 19.6 Å². The second-order valence-corrected chi connectivity index (χ2v) is 6.19. The summed E-state index contributed by atoms with van der Waals surface area (Å²) >= 11 is 2.15. The summed E-state index contributed by atoms with van der Waals surface area (Å²) in [5.41, 5.74) is 0. The van der Waals surface area contributed by atoms with Crippen molar-refractivity contribution in [1.29, 1.82) is 0 Å². The zero-order valence-electron chi connectivity index (χ0n) is 11.5. The summed E-state index contributed by atoms with van der Waals surface area (Å²) in [6.07, 6.45) is 6.08. The van der Waals surface area contributed by atoms with E-state index in [1.54, 1.807) is 17.8 Å². The minimum absolute atomic E-state index is 0.112. The minimum atomic E-state index is -0.361. The number of rotatable bonds is 5. The quantitative estimate of drug-likeness (QED) is 0.768. The molecule has 1 aromatic rings. The first-order valence-corrected chi connectivity index (χ1v) is 7.91. The van der Waals surface area contributed by atoms with Gasteiger partial charge in [0.15, 0.2) is 0 Å². The van der Waals surface area contributed by atoms with E-state index in [2.05, 4.69) is 33.0 Å². The van der Waals surface area contributed by atoms with Gasteiger partial charge in [-0.25, -0.2) is 0 Å². The van der Waals surface area contributed by atoms with Gasteiger partial charge in [-0.05, 0) is 42.4 Å². The van der Waals surface area contributed by atoms with Gasteiger partial charge in [0.1, 0.15) is 6.04 Å². The van der Waals surface area contributed by atoms with E-state index < -0.39 is 0 Å². The summed E-state index contributed by atoms with van der Waals surface area (Å²) in [4.78, 5) is 25.6. The molecule has 0 aromatic carbocycles. The Balaban J connectivity index is 1.73. The van der Waals surface area contributed by atoms with Crippen LogP contribution in [0.4, 0.5) is 0 Å². The maximum Gasteiger partial charge on any atom is 0.244 e. The molecular weight excluding hydrogens is 371 g/mol. The maximum atomic E-state index is 12.0. The van der Waals surface area contributed by atoms with Gasteiger partial charge in [-0.1, -0.05) is 0 Å². The highest BCUT2D eigenvalue weighted by Crippen LogP contribution is 2.10. The Morgan fingerprint density at radius 1 is 1.45 bits per heavy atom. The van der Waals surface area contributed by atoms with Crippen molar-refractivity contribution < 1.29 is 9.59 Å². The molecule has 0 aliphatic carbocycles. The fourth-order valence-corrected chi connectivity index (χ4v) is 2.62. The number of likely N-dealkylation sites (tertiary alicyclic amines) is 1. The van der Waals surface area contributed by atoms with Crippen LogP contribution in [0.3, 0.4) is 0 Å². The molecule has 2 heterocycles. The molecule has 7 heteroatoms. The van der Waals surface area contributed by atoms with Crippen molar-refractivity contribution in [3.63, 3.8) is 0 Å². The highest BCUT2D eigenvalue weighted by molar-refractivity contribution is 14.1. The molecule has 0 bridgehead atoms. The molecule has 20 heavy (non-hydrogen) atoms. The average Bonchev–Trinajstić information content (AvgIpc) is 3.08.